The molecule has 0 aliphatic rings. The highest BCUT2D eigenvalue weighted by molar-refractivity contribution is 7.80. The molecule has 2 amide bonds. The summed E-state index contributed by atoms with van der Waals surface area (Å²) in [5.74, 6) is 0.740. The Kier molecular flexibility index (Phi) is 7.56. The molecule has 0 fully saturated rings. The first kappa shape index (κ1) is 21.5. The van der Waals surface area contributed by atoms with Crippen LogP contribution in [0.25, 0.3) is 22.5 Å². The Morgan fingerprint density at radius 3 is 2.40 bits per heavy atom. The number of thiol groups is 1. The van der Waals surface area contributed by atoms with Crippen LogP contribution in [0, 0.1) is 5.92 Å². The first-order valence-corrected chi connectivity index (χ1v) is 10.3. The molecule has 0 radical (unpaired) electrons. The van der Waals surface area contributed by atoms with Gasteiger partial charge in [-0.05, 0) is 34.9 Å². The molecular weight excluding hydrogens is 400 g/mol. The monoisotopic (exact) mass is 424 g/mol. The van der Waals surface area contributed by atoms with Crippen LogP contribution in [0.1, 0.15) is 23.7 Å². The topological polar surface area (TPSA) is 113 Å². The predicted molar refractivity (Wildman–Crippen MR) is 118 cm³/mol. The number of hydrogen-bond acceptors (Lipinski definition) is 6. The molecule has 1 aromatic heterocycles. The summed E-state index contributed by atoms with van der Waals surface area (Å²) in [5.41, 5.74) is 3.34. The second kappa shape index (κ2) is 10.5. The van der Waals surface area contributed by atoms with Gasteiger partial charge in [-0.3, -0.25) is 9.59 Å². The molecule has 1 atom stereocenters. The molecule has 0 bridgehead atoms. The average Bonchev–Trinajstić information content (AvgIpc) is 3.33. The van der Waals surface area contributed by atoms with Gasteiger partial charge in [0.15, 0.2) is 0 Å². The number of carbonyl (C=O) groups is 2. The molecule has 0 saturated carbocycles. The minimum atomic E-state index is -0.150. The van der Waals surface area contributed by atoms with E-state index in [0.29, 0.717) is 36.7 Å². The number of H-pyrrole nitrogens is 1. The van der Waals surface area contributed by atoms with Crippen LogP contribution in [0.3, 0.4) is 0 Å². The normalized spacial score (nSPS) is 11.7. The Labute approximate surface area is 180 Å². The van der Waals surface area contributed by atoms with Gasteiger partial charge in [-0.25, -0.2) is 0 Å². The van der Waals surface area contributed by atoms with E-state index in [1.54, 1.807) is 12.1 Å². The lowest BCUT2D eigenvalue weighted by atomic mass is 9.98. The largest absolute Gasteiger partial charge is 0.356 e. The molecule has 3 aromatic rings. The quantitative estimate of drug-likeness (QED) is 0.311. The van der Waals surface area contributed by atoms with Gasteiger partial charge in [0.1, 0.15) is 0 Å². The molecule has 8 nitrogen and oxygen atoms in total. The van der Waals surface area contributed by atoms with Crippen LogP contribution in [-0.4, -0.2) is 51.3 Å². The average molecular weight is 425 g/mol. The van der Waals surface area contributed by atoms with Gasteiger partial charge in [-0.2, -0.15) is 17.8 Å². The number of hydrogen-bond donors (Lipinski definition) is 4. The maximum atomic E-state index is 12.4. The third-order valence-electron chi connectivity index (χ3n) is 4.63. The molecule has 0 unspecified atom stereocenters. The van der Waals surface area contributed by atoms with Gasteiger partial charge in [-0.1, -0.05) is 43.3 Å². The molecule has 1 heterocycles. The second-order valence-corrected chi connectivity index (χ2v) is 7.21. The van der Waals surface area contributed by atoms with Crippen LogP contribution < -0.4 is 10.6 Å². The van der Waals surface area contributed by atoms with Crippen molar-refractivity contribution in [3.8, 4) is 22.5 Å². The zero-order valence-electron chi connectivity index (χ0n) is 16.6. The number of carbonyl (C=O) groups excluding carboxylic acids is 2. The van der Waals surface area contributed by atoms with Crippen LogP contribution in [0.5, 0.6) is 0 Å². The van der Waals surface area contributed by atoms with E-state index >= 15 is 0 Å². The number of aromatic nitrogens is 4. The number of nitrogens with one attached hydrogen (secondary N) is 3. The van der Waals surface area contributed by atoms with Crippen molar-refractivity contribution in [1.82, 2.24) is 31.3 Å². The number of tetrazole rings is 1. The summed E-state index contributed by atoms with van der Waals surface area (Å²) in [6.45, 7) is 2.83. The smallest absolute Gasteiger partial charge is 0.251 e. The van der Waals surface area contributed by atoms with Crippen LogP contribution in [0.2, 0.25) is 0 Å². The summed E-state index contributed by atoms with van der Waals surface area (Å²) in [4.78, 5) is 24.0. The lowest BCUT2D eigenvalue weighted by Crippen LogP contribution is -2.33. The molecule has 2 aromatic carbocycles. The van der Waals surface area contributed by atoms with Crippen LogP contribution in [0.4, 0.5) is 0 Å². The lowest BCUT2D eigenvalue weighted by Gasteiger charge is -2.10. The Hall–Kier alpha value is -3.20. The fourth-order valence-electron chi connectivity index (χ4n) is 2.87. The molecule has 30 heavy (non-hydrogen) atoms. The van der Waals surface area contributed by atoms with Crippen molar-refractivity contribution in [2.45, 2.75) is 13.3 Å². The minimum Gasteiger partial charge on any atom is -0.356 e. The number of nitrogens with zero attached hydrogens (tertiary/aromatic N) is 3. The van der Waals surface area contributed by atoms with Crippen molar-refractivity contribution in [3.05, 3.63) is 54.1 Å². The highest BCUT2D eigenvalue weighted by Gasteiger charge is 2.12. The highest BCUT2D eigenvalue weighted by atomic mass is 32.1. The molecular formula is C21H24N6O2S. The van der Waals surface area contributed by atoms with Crippen molar-refractivity contribution in [2.24, 2.45) is 5.92 Å². The van der Waals surface area contributed by atoms with E-state index in [2.05, 4.69) is 43.9 Å². The molecule has 9 heteroatoms. The number of amides is 2. The Balaban J connectivity index is 1.55. The Morgan fingerprint density at radius 1 is 1.03 bits per heavy atom. The molecule has 3 rings (SSSR count). The summed E-state index contributed by atoms with van der Waals surface area (Å²) in [6.07, 6.45) is 0.660. The summed E-state index contributed by atoms with van der Waals surface area (Å²) >= 11 is 4.11. The van der Waals surface area contributed by atoms with E-state index in [0.717, 1.165) is 16.7 Å². The van der Waals surface area contributed by atoms with Crippen molar-refractivity contribution < 1.29 is 9.59 Å². The third-order valence-corrected chi connectivity index (χ3v) is 5.18. The zero-order chi connectivity index (χ0) is 21.3. The zero-order valence-corrected chi connectivity index (χ0v) is 17.5. The number of rotatable bonds is 9. The molecule has 0 aliphatic heterocycles. The highest BCUT2D eigenvalue weighted by Crippen LogP contribution is 2.29. The fourth-order valence-corrected chi connectivity index (χ4v) is 3.03. The number of aromatic amines is 1. The SMILES string of the molecule is C[C@H](CS)C(=O)NCCCNC(=O)c1ccc(-c2ccccc2-c2nn[nH]n2)cc1. The predicted octanol–water partition coefficient (Wildman–Crippen LogP) is 2.34. The van der Waals surface area contributed by atoms with Crippen molar-refractivity contribution in [1.29, 1.82) is 0 Å². The standard InChI is InChI=1S/C21H24N6O2S/c1-14(13-30)20(28)22-11-4-12-23-21(29)16-9-7-15(8-10-16)17-5-2-3-6-18(17)19-24-26-27-25-19/h2-3,5-10,14,30H,4,11-13H2,1H3,(H,22,28)(H,23,29)(H,24,25,26,27)/t14-/m1/s1. The summed E-state index contributed by atoms with van der Waals surface area (Å²) < 4.78 is 0. The van der Waals surface area contributed by atoms with Crippen LogP contribution in [-0.2, 0) is 4.79 Å². The summed E-state index contributed by atoms with van der Waals surface area (Å²) in [7, 11) is 0. The van der Waals surface area contributed by atoms with Gasteiger partial charge in [0, 0.05) is 35.9 Å². The van der Waals surface area contributed by atoms with Crippen molar-refractivity contribution in [3.63, 3.8) is 0 Å². The summed E-state index contributed by atoms with van der Waals surface area (Å²) in [5, 5.41) is 19.9. The molecule has 0 aliphatic carbocycles. The minimum absolute atomic E-state index is 0.0204. The van der Waals surface area contributed by atoms with Gasteiger partial charge in [0.2, 0.25) is 11.7 Å². The van der Waals surface area contributed by atoms with E-state index in [9.17, 15) is 9.59 Å². The Bertz CT molecular complexity index is 975. The van der Waals surface area contributed by atoms with Crippen LogP contribution in [0.15, 0.2) is 48.5 Å². The maximum absolute atomic E-state index is 12.4. The fraction of sp³-hybridized carbons (Fsp3) is 0.286. The lowest BCUT2D eigenvalue weighted by molar-refractivity contribution is -0.123. The second-order valence-electron chi connectivity index (χ2n) is 6.84. The van der Waals surface area contributed by atoms with Crippen molar-refractivity contribution >= 4 is 24.4 Å². The van der Waals surface area contributed by atoms with E-state index in [1.165, 1.54) is 0 Å². The maximum Gasteiger partial charge on any atom is 0.251 e. The van der Waals surface area contributed by atoms with Gasteiger partial charge in [-0.15, -0.1) is 10.2 Å². The Morgan fingerprint density at radius 2 is 1.73 bits per heavy atom. The van der Waals surface area contributed by atoms with Gasteiger partial charge in [0.05, 0.1) is 0 Å². The molecule has 156 valence electrons. The third kappa shape index (κ3) is 5.44. The summed E-state index contributed by atoms with van der Waals surface area (Å²) in [6, 6.07) is 15.1. The van der Waals surface area contributed by atoms with Gasteiger partial charge in [0.25, 0.3) is 5.91 Å². The van der Waals surface area contributed by atoms with E-state index in [-0.39, 0.29) is 17.7 Å². The van der Waals surface area contributed by atoms with Gasteiger partial charge < -0.3 is 10.6 Å². The van der Waals surface area contributed by atoms with E-state index in [4.69, 9.17) is 0 Å². The van der Waals surface area contributed by atoms with E-state index in [1.807, 2.05) is 43.3 Å². The molecule has 3 N–H and O–H groups in total. The van der Waals surface area contributed by atoms with E-state index < -0.39 is 0 Å². The van der Waals surface area contributed by atoms with Gasteiger partial charge >= 0.3 is 0 Å². The molecule has 0 spiro atoms. The first-order chi connectivity index (χ1) is 14.6. The number of benzene rings is 2. The first-order valence-electron chi connectivity index (χ1n) is 9.70. The molecule has 0 saturated heterocycles. The van der Waals surface area contributed by atoms with Crippen LogP contribution >= 0.6 is 12.6 Å². The van der Waals surface area contributed by atoms with Crippen molar-refractivity contribution in [2.75, 3.05) is 18.8 Å².